The number of aromatic hydroxyl groups is 1. The average molecular weight is 299 g/mol. The van der Waals surface area contributed by atoms with E-state index in [1.165, 1.54) is 22.0 Å². The Hall–Kier alpha value is -1.66. The topological polar surface area (TPSA) is 32.6 Å². The largest absolute Gasteiger partial charge is 0.507 e. The minimum absolute atomic E-state index is 0.416. The van der Waals surface area contributed by atoms with Crippen LogP contribution in [0.1, 0.15) is 29.2 Å². The molecular weight excluding hydrogens is 277 g/mol. The van der Waals surface area contributed by atoms with Gasteiger partial charge in [-0.25, -0.2) is 0 Å². The van der Waals surface area contributed by atoms with Gasteiger partial charge in [-0.1, -0.05) is 32.8 Å². The molecule has 2 aromatic rings. The normalized spacial score (nSPS) is 12.3. The van der Waals surface area contributed by atoms with Gasteiger partial charge in [0.25, 0.3) is 0 Å². The van der Waals surface area contributed by atoms with Gasteiger partial charge in [-0.2, -0.15) is 0 Å². The monoisotopic (exact) mass is 299 g/mol. The van der Waals surface area contributed by atoms with Crippen LogP contribution in [0, 0.1) is 20.8 Å². The lowest BCUT2D eigenvalue weighted by Crippen LogP contribution is -2.16. The van der Waals surface area contributed by atoms with Gasteiger partial charge in [0.05, 0.1) is 0 Å². The summed E-state index contributed by atoms with van der Waals surface area (Å²) in [6.45, 7) is 8.17. The van der Waals surface area contributed by atoms with E-state index in [0.29, 0.717) is 14.3 Å². The van der Waals surface area contributed by atoms with Gasteiger partial charge in [-0.05, 0) is 55.8 Å². The van der Waals surface area contributed by atoms with Crippen molar-refractivity contribution < 1.29 is 5.11 Å². The van der Waals surface area contributed by atoms with E-state index in [4.69, 9.17) is 0 Å². The average Bonchev–Trinajstić information content (AvgIpc) is 2.45. The maximum atomic E-state index is 10.3. The van der Waals surface area contributed by atoms with Crippen LogP contribution in [0.25, 0.3) is 0 Å². The van der Waals surface area contributed by atoms with Gasteiger partial charge < -0.3 is 5.11 Å². The molecule has 3 heteroatoms. The minimum atomic E-state index is 0.416. The van der Waals surface area contributed by atoms with Crippen LogP contribution in [0.4, 0.5) is 0 Å². The Labute approximate surface area is 128 Å². The zero-order chi connectivity index (χ0) is 15.6. The fourth-order valence-electron chi connectivity index (χ4n) is 2.45. The number of hydrogen-bond acceptors (Lipinski definition) is 2. The number of hydrogen-bond donors (Lipinski definition) is 1. The van der Waals surface area contributed by atoms with Crippen LogP contribution in [0.2, 0.25) is 0 Å². The highest BCUT2D eigenvalue weighted by Gasteiger charge is 2.12. The van der Waals surface area contributed by atoms with Gasteiger partial charge >= 0.3 is 0 Å². The SMILES string of the molecule is C/N=C(\C)c1cccc(C)c1Pc1cc(C)cc(C)c1O. The van der Waals surface area contributed by atoms with E-state index >= 15 is 0 Å². The lowest BCUT2D eigenvalue weighted by molar-refractivity contribution is 0.475. The second-order valence-corrected chi connectivity index (χ2v) is 6.70. The van der Waals surface area contributed by atoms with E-state index in [2.05, 4.69) is 43.1 Å². The third-order valence-electron chi connectivity index (χ3n) is 3.70. The second-order valence-electron chi connectivity index (χ2n) is 5.41. The van der Waals surface area contributed by atoms with Crippen molar-refractivity contribution in [3.05, 3.63) is 52.6 Å². The minimum Gasteiger partial charge on any atom is -0.507 e. The van der Waals surface area contributed by atoms with Gasteiger partial charge in [0, 0.05) is 23.6 Å². The number of nitrogens with zero attached hydrogens (tertiary/aromatic N) is 1. The summed E-state index contributed by atoms with van der Waals surface area (Å²) in [5, 5.41) is 12.6. The lowest BCUT2D eigenvalue weighted by atomic mass is 10.1. The van der Waals surface area contributed by atoms with Crippen molar-refractivity contribution in [3.8, 4) is 5.75 Å². The number of aliphatic imine (C=N–C) groups is 1. The number of benzene rings is 2. The van der Waals surface area contributed by atoms with Crippen molar-refractivity contribution >= 4 is 24.9 Å². The van der Waals surface area contributed by atoms with E-state index in [1.54, 1.807) is 0 Å². The number of phenolic OH excluding ortho intramolecular Hbond substituents is 1. The van der Waals surface area contributed by atoms with Crippen LogP contribution >= 0.6 is 8.58 Å². The van der Waals surface area contributed by atoms with Gasteiger partial charge in [0.2, 0.25) is 0 Å². The smallest absolute Gasteiger partial charge is 0.126 e. The molecule has 21 heavy (non-hydrogen) atoms. The van der Waals surface area contributed by atoms with Crippen molar-refractivity contribution in [2.45, 2.75) is 27.7 Å². The van der Waals surface area contributed by atoms with Crippen LogP contribution in [0.3, 0.4) is 0 Å². The first-order valence-electron chi connectivity index (χ1n) is 7.04. The summed E-state index contributed by atoms with van der Waals surface area (Å²) in [5.41, 5.74) is 5.57. The first kappa shape index (κ1) is 15.7. The molecule has 0 saturated carbocycles. The summed E-state index contributed by atoms with van der Waals surface area (Å²) in [5.74, 6) is 0.416. The Kier molecular flexibility index (Phi) is 4.80. The Bertz CT molecular complexity index is 705. The standard InChI is InChI=1S/C18H22NOP/c1-11-9-13(3)17(20)16(10-11)21-18-12(2)7-6-8-15(18)14(4)19-5/h6-10,20-21H,1-5H3/b19-14+. The van der Waals surface area contributed by atoms with Crippen molar-refractivity contribution in [3.63, 3.8) is 0 Å². The predicted octanol–water partition coefficient (Wildman–Crippen LogP) is 3.39. The number of phenols is 1. The maximum Gasteiger partial charge on any atom is 0.126 e. The van der Waals surface area contributed by atoms with E-state index < -0.39 is 0 Å². The quantitative estimate of drug-likeness (QED) is 0.684. The molecule has 0 aromatic heterocycles. The van der Waals surface area contributed by atoms with Crippen LogP contribution < -0.4 is 10.6 Å². The molecule has 0 spiro atoms. The molecule has 0 aliphatic heterocycles. The Morgan fingerprint density at radius 2 is 1.81 bits per heavy atom. The Morgan fingerprint density at radius 3 is 2.48 bits per heavy atom. The van der Waals surface area contributed by atoms with Crippen molar-refractivity contribution in [2.24, 2.45) is 4.99 Å². The molecule has 0 saturated heterocycles. The van der Waals surface area contributed by atoms with E-state index in [9.17, 15) is 5.11 Å². The third kappa shape index (κ3) is 3.33. The second kappa shape index (κ2) is 6.41. The molecule has 1 N–H and O–H groups in total. The Balaban J connectivity index is 2.55. The van der Waals surface area contributed by atoms with Crippen LogP contribution in [-0.2, 0) is 0 Å². The zero-order valence-electron chi connectivity index (χ0n) is 13.3. The molecular formula is C18H22NOP. The lowest BCUT2D eigenvalue weighted by Gasteiger charge is -2.15. The van der Waals surface area contributed by atoms with Gasteiger partial charge in [0.1, 0.15) is 5.75 Å². The molecule has 2 rings (SSSR count). The fraction of sp³-hybridized carbons (Fsp3) is 0.278. The molecule has 0 bridgehead atoms. The first-order chi connectivity index (χ1) is 9.93. The van der Waals surface area contributed by atoms with Gasteiger partial charge in [-0.15, -0.1) is 0 Å². The molecule has 110 valence electrons. The summed E-state index contributed by atoms with van der Waals surface area (Å²) in [4.78, 5) is 4.32. The molecule has 0 radical (unpaired) electrons. The maximum absolute atomic E-state index is 10.3. The molecule has 1 unspecified atom stereocenters. The molecule has 0 amide bonds. The summed E-state index contributed by atoms with van der Waals surface area (Å²) < 4.78 is 0. The van der Waals surface area contributed by atoms with Crippen LogP contribution in [0.15, 0.2) is 35.3 Å². The van der Waals surface area contributed by atoms with Crippen molar-refractivity contribution in [2.75, 3.05) is 7.05 Å². The van der Waals surface area contributed by atoms with Crippen LogP contribution in [0.5, 0.6) is 5.75 Å². The third-order valence-corrected chi connectivity index (χ3v) is 5.27. The molecule has 2 nitrogen and oxygen atoms in total. The first-order valence-corrected chi connectivity index (χ1v) is 8.04. The Morgan fingerprint density at radius 1 is 1.10 bits per heavy atom. The molecule has 0 aliphatic rings. The summed E-state index contributed by atoms with van der Waals surface area (Å²) >= 11 is 0. The van der Waals surface area contributed by atoms with E-state index in [1.807, 2.05) is 27.0 Å². The van der Waals surface area contributed by atoms with Crippen molar-refractivity contribution in [1.29, 1.82) is 0 Å². The molecule has 1 atom stereocenters. The highest BCUT2D eigenvalue weighted by molar-refractivity contribution is 7.56. The predicted molar refractivity (Wildman–Crippen MR) is 94.5 cm³/mol. The summed E-state index contributed by atoms with van der Waals surface area (Å²) in [7, 11) is 2.25. The van der Waals surface area contributed by atoms with Crippen LogP contribution in [-0.4, -0.2) is 17.9 Å². The fourth-order valence-corrected chi connectivity index (χ4v) is 4.01. The number of aryl methyl sites for hydroxylation is 3. The zero-order valence-corrected chi connectivity index (χ0v) is 14.3. The molecule has 2 aromatic carbocycles. The summed E-state index contributed by atoms with van der Waals surface area (Å²) in [6, 6.07) is 10.4. The van der Waals surface area contributed by atoms with E-state index in [-0.39, 0.29) is 0 Å². The van der Waals surface area contributed by atoms with E-state index in [0.717, 1.165) is 16.6 Å². The summed E-state index contributed by atoms with van der Waals surface area (Å²) in [6.07, 6.45) is 0. The van der Waals surface area contributed by atoms with Gasteiger partial charge in [-0.3, -0.25) is 4.99 Å². The highest BCUT2D eigenvalue weighted by Crippen LogP contribution is 2.25. The highest BCUT2D eigenvalue weighted by atomic mass is 31.1. The molecule has 0 heterocycles. The van der Waals surface area contributed by atoms with Gasteiger partial charge in [0.15, 0.2) is 0 Å². The molecule has 0 aliphatic carbocycles. The van der Waals surface area contributed by atoms with Crippen molar-refractivity contribution in [1.82, 2.24) is 0 Å². The molecule has 0 fully saturated rings. The number of rotatable bonds is 3.